The van der Waals surface area contributed by atoms with Gasteiger partial charge in [-0.2, -0.15) is 10.2 Å². The van der Waals surface area contributed by atoms with E-state index in [1.807, 2.05) is 30.5 Å². The Balaban J connectivity index is 1.45. The maximum atomic E-state index is 14.3. The first-order chi connectivity index (χ1) is 14.7. The number of halogens is 1. The van der Waals surface area contributed by atoms with Gasteiger partial charge in [0.25, 0.3) is 5.91 Å². The molecule has 5 rings (SSSR count). The van der Waals surface area contributed by atoms with Gasteiger partial charge in [0.05, 0.1) is 23.5 Å². The van der Waals surface area contributed by atoms with Crippen molar-refractivity contribution in [1.29, 1.82) is 0 Å². The van der Waals surface area contributed by atoms with E-state index >= 15 is 0 Å². The first-order valence-corrected chi connectivity index (χ1v) is 9.94. The van der Waals surface area contributed by atoms with Gasteiger partial charge in [0.15, 0.2) is 0 Å². The molecule has 0 bridgehead atoms. The van der Waals surface area contributed by atoms with E-state index in [9.17, 15) is 9.18 Å². The highest BCUT2D eigenvalue weighted by Crippen LogP contribution is 2.32. The Morgan fingerprint density at radius 3 is 2.63 bits per heavy atom. The van der Waals surface area contributed by atoms with Crippen LogP contribution in [0.5, 0.6) is 0 Å². The summed E-state index contributed by atoms with van der Waals surface area (Å²) < 4.78 is 17.6. The number of amides is 1. The minimum atomic E-state index is -0.317. The Morgan fingerprint density at radius 1 is 1.03 bits per heavy atom. The number of carbonyl (C=O) groups is 1. The highest BCUT2D eigenvalue weighted by Gasteiger charge is 2.27. The molecule has 1 N–H and O–H groups in total. The van der Waals surface area contributed by atoms with Gasteiger partial charge in [-0.15, -0.1) is 0 Å². The second-order valence-corrected chi connectivity index (χ2v) is 7.30. The lowest BCUT2D eigenvalue weighted by Crippen LogP contribution is -2.31. The van der Waals surface area contributed by atoms with Gasteiger partial charge in [-0.05, 0) is 49.6 Å². The fourth-order valence-corrected chi connectivity index (χ4v) is 4.05. The van der Waals surface area contributed by atoms with Crippen molar-refractivity contribution in [1.82, 2.24) is 24.9 Å². The van der Waals surface area contributed by atoms with E-state index in [2.05, 4.69) is 15.5 Å². The molecule has 0 spiro atoms. The number of nitrogens with zero attached hydrogens (tertiary/aromatic N) is 4. The van der Waals surface area contributed by atoms with E-state index in [4.69, 9.17) is 0 Å². The van der Waals surface area contributed by atoms with Gasteiger partial charge in [0.2, 0.25) is 0 Å². The molecule has 0 radical (unpaired) electrons. The summed E-state index contributed by atoms with van der Waals surface area (Å²) in [4.78, 5) is 13.1. The lowest BCUT2D eigenvalue weighted by atomic mass is 9.92. The van der Waals surface area contributed by atoms with Gasteiger partial charge in [-0.3, -0.25) is 4.79 Å². The zero-order chi connectivity index (χ0) is 20.5. The van der Waals surface area contributed by atoms with Crippen LogP contribution in [0.25, 0.3) is 11.4 Å². The molecular weight excluding hydrogens is 381 g/mol. The zero-order valence-electron chi connectivity index (χ0n) is 16.2. The van der Waals surface area contributed by atoms with E-state index in [-0.39, 0.29) is 17.8 Å². The summed E-state index contributed by atoms with van der Waals surface area (Å²) in [5.41, 5.74) is 3.58. The summed E-state index contributed by atoms with van der Waals surface area (Å²) in [5, 5.41) is 11.8. The molecule has 0 saturated carbocycles. The molecule has 2 heterocycles. The molecule has 1 aliphatic carbocycles. The SMILES string of the molecule is O=C(N[C@@H]1CCCc2c1cnn2-c1ccccc1F)c1ccccc1-n1cccn1. The second kappa shape index (κ2) is 7.59. The maximum absolute atomic E-state index is 14.3. The molecule has 1 amide bonds. The zero-order valence-corrected chi connectivity index (χ0v) is 16.2. The molecule has 7 heteroatoms. The number of nitrogens with one attached hydrogen (secondary N) is 1. The van der Waals surface area contributed by atoms with Crippen LogP contribution in [0.2, 0.25) is 0 Å². The van der Waals surface area contributed by atoms with Crippen LogP contribution in [0.3, 0.4) is 0 Å². The molecule has 0 fully saturated rings. The summed E-state index contributed by atoms with van der Waals surface area (Å²) in [6.07, 6.45) is 7.72. The first-order valence-electron chi connectivity index (χ1n) is 9.94. The normalized spacial score (nSPS) is 15.6. The molecule has 30 heavy (non-hydrogen) atoms. The predicted octanol–water partition coefficient (Wildman–Crippen LogP) is 4.00. The molecular formula is C23H20FN5O. The van der Waals surface area contributed by atoms with Gasteiger partial charge in [0, 0.05) is 23.7 Å². The monoisotopic (exact) mass is 401 g/mol. The van der Waals surface area contributed by atoms with Crippen molar-refractivity contribution < 1.29 is 9.18 Å². The molecule has 1 aliphatic rings. The van der Waals surface area contributed by atoms with E-state index in [0.717, 1.165) is 36.2 Å². The van der Waals surface area contributed by atoms with Crippen LogP contribution in [-0.4, -0.2) is 25.5 Å². The van der Waals surface area contributed by atoms with E-state index < -0.39 is 0 Å². The first kappa shape index (κ1) is 18.3. The quantitative estimate of drug-likeness (QED) is 0.562. The van der Waals surface area contributed by atoms with Crippen LogP contribution in [-0.2, 0) is 6.42 Å². The Morgan fingerprint density at radius 2 is 1.83 bits per heavy atom. The average Bonchev–Trinajstić information content (AvgIpc) is 3.45. The highest BCUT2D eigenvalue weighted by atomic mass is 19.1. The number of hydrogen-bond donors (Lipinski definition) is 1. The van der Waals surface area contributed by atoms with Gasteiger partial charge < -0.3 is 5.32 Å². The molecule has 0 aliphatic heterocycles. The van der Waals surface area contributed by atoms with Gasteiger partial charge in [0.1, 0.15) is 11.5 Å². The van der Waals surface area contributed by atoms with Gasteiger partial charge >= 0.3 is 0 Å². The fraction of sp³-hybridized carbons (Fsp3) is 0.174. The summed E-state index contributed by atoms with van der Waals surface area (Å²) in [6.45, 7) is 0. The largest absolute Gasteiger partial charge is 0.345 e. The Hall–Kier alpha value is -3.74. The van der Waals surface area contributed by atoms with E-state index in [1.54, 1.807) is 46.0 Å². The Kier molecular flexibility index (Phi) is 4.63. The molecule has 150 valence electrons. The molecule has 6 nitrogen and oxygen atoms in total. The van der Waals surface area contributed by atoms with Crippen LogP contribution < -0.4 is 5.32 Å². The third-order valence-corrected chi connectivity index (χ3v) is 5.47. The van der Waals surface area contributed by atoms with Crippen LogP contribution in [0.1, 0.15) is 40.5 Å². The second-order valence-electron chi connectivity index (χ2n) is 7.30. The van der Waals surface area contributed by atoms with Crippen LogP contribution >= 0.6 is 0 Å². The Labute approximate surface area is 173 Å². The predicted molar refractivity (Wildman–Crippen MR) is 110 cm³/mol. The van der Waals surface area contributed by atoms with Crippen LogP contribution in [0.4, 0.5) is 4.39 Å². The van der Waals surface area contributed by atoms with Crippen molar-refractivity contribution >= 4 is 5.91 Å². The lowest BCUT2D eigenvalue weighted by molar-refractivity contribution is 0.0932. The van der Waals surface area contributed by atoms with E-state index in [0.29, 0.717) is 11.3 Å². The molecule has 4 aromatic rings. The molecule has 1 atom stereocenters. The topological polar surface area (TPSA) is 64.7 Å². The van der Waals surface area contributed by atoms with Crippen molar-refractivity contribution in [2.75, 3.05) is 0 Å². The van der Waals surface area contributed by atoms with E-state index in [1.165, 1.54) is 6.07 Å². The number of aromatic nitrogens is 4. The van der Waals surface area contributed by atoms with Gasteiger partial charge in [-0.25, -0.2) is 13.8 Å². The summed E-state index contributed by atoms with van der Waals surface area (Å²) in [5.74, 6) is -0.486. The van der Waals surface area contributed by atoms with Crippen molar-refractivity contribution in [3.63, 3.8) is 0 Å². The van der Waals surface area contributed by atoms with Crippen LogP contribution in [0.15, 0.2) is 73.2 Å². The lowest BCUT2D eigenvalue weighted by Gasteiger charge is -2.24. The number of hydrogen-bond acceptors (Lipinski definition) is 3. The third kappa shape index (κ3) is 3.18. The number of carbonyl (C=O) groups excluding carboxylic acids is 1. The van der Waals surface area contributed by atoms with Crippen molar-refractivity contribution in [3.8, 4) is 11.4 Å². The number of fused-ring (bicyclic) bond motifs is 1. The summed E-state index contributed by atoms with van der Waals surface area (Å²) in [6, 6.07) is 15.6. The van der Waals surface area contributed by atoms with Crippen LogP contribution in [0, 0.1) is 5.82 Å². The Bertz CT molecular complexity index is 1200. The summed E-state index contributed by atoms with van der Waals surface area (Å²) in [7, 11) is 0. The third-order valence-electron chi connectivity index (χ3n) is 5.47. The maximum Gasteiger partial charge on any atom is 0.253 e. The average molecular weight is 401 g/mol. The number of benzene rings is 2. The van der Waals surface area contributed by atoms with Crippen molar-refractivity contribution in [3.05, 3.63) is 95.8 Å². The molecule has 0 saturated heterocycles. The van der Waals surface area contributed by atoms with Crippen molar-refractivity contribution in [2.24, 2.45) is 0 Å². The molecule has 2 aromatic carbocycles. The molecule has 0 unspecified atom stereocenters. The van der Waals surface area contributed by atoms with Gasteiger partial charge in [-0.1, -0.05) is 24.3 Å². The minimum absolute atomic E-state index is 0.169. The molecule has 2 aromatic heterocycles. The summed E-state index contributed by atoms with van der Waals surface area (Å²) >= 11 is 0. The highest BCUT2D eigenvalue weighted by molar-refractivity contribution is 5.98. The smallest absolute Gasteiger partial charge is 0.253 e. The van der Waals surface area contributed by atoms with Crippen molar-refractivity contribution in [2.45, 2.75) is 25.3 Å². The fourth-order valence-electron chi connectivity index (χ4n) is 4.05. The number of para-hydroxylation sites is 2. The number of rotatable bonds is 4. The standard InChI is InChI=1S/C23H20FN5O/c24-18-8-2-4-11-22(18)29-21-12-5-9-19(17(21)15-26-29)27-23(30)16-7-1-3-10-20(16)28-14-6-13-25-28/h1-4,6-8,10-11,13-15,19H,5,9,12H2,(H,27,30)/t19-/m1/s1. The minimum Gasteiger partial charge on any atom is -0.345 e.